The lowest BCUT2D eigenvalue weighted by Gasteiger charge is -2.15. The third-order valence-corrected chi connectivity index (χ3v) is 2.83. The van der Waals surface area contributed by atoms with Crippen molar-refractivity contribution in [1.82, 2.24) is 20.2 Å². The summed E-state index contributed by atoms with van der Waals surface area (Å²) in [5.41, 5.74) is 0.322. The van der Waals surface area contributed by atoms with Gasteiger partial charge in [0.15, 0.2) is 0 Å². The first-order chi connectivity index (χ1) is 9.20. The Morgan fingerprint density at radius 3 is 3.00 bits per heavy atom. The van der Waals surface area contributed by atoms with Gasteiger partial charge in [-0.15, -0.1) is 0 Å². The smallest absolute Gasteiger partial charge is 0.296 e. The van der Waals surface area contributed by atoms with Gasteiger partial charge in [-0.25, -0.2) is 4.98 Å². The predicted octanol–water partition coefficient (Wildman–Crippen LogP) is -0.169. The van der Waals surface area contributed by atoms with E-state index in [4.69, 9.17) is 0 Å². The number of rotatable bonds is 2. The lowest BCUT2D eigenvalue weighted by Crippen LogP contribution is -2.38. The number of carbonyl (C=O) groups excluding carboxylic acids is 2. The fourth-order valence-electron chi connectivity index (χ4n) is 1.97. The first kappa shape index (κ1) is 13.0. The van der Waals surface area contributed by atoms with Crippen molar-refractivity contribution >= 4 is 11.8 Å². The van der Waals surface area contributed by atoms with E-state index in [2.05, 4.69) is 27.1 Å². The van der Waals surface area contributed by atoms with E-state index in [1.165, 1.54) is 18.6 Å². The van der Waals surface area contributed by atoms with Crippen LogP contribution in [0.1, 0.15) is 23.8 Å². The van der Waals surface area contributed by atoms with Crippen LogP contribution in [-0.2, 0) is 4.79 Å². The van der Waals surface area contributed by atoms with Gasteiger partial charge in [-0.2, -0.15) is 0 Å². The molecule has 0 radical (unpaired) electrons. The van der Waals surface area contributed by atoms with E-state index in [-0.39, 0.29) is 17.9 Å². The molecule has 1 aromatic rings. The number of nitrogens with one attached hydrogen (secondary N) is 1. The van der Waals surface area contributed by atoms with Crippen LogP contribution < -0.4 is 5.32 Å². The second-order valence-corrected chi connectivity index (χ2v) is 4.18. The molecule has 6 heteroatoms. The van der Waals surface area contributed by atoms with Crippen LogP contribution in [0.4, 0.5) is 0 Å². The molecular weight excluding hydrogens is 244 g/mol. The molecule has 0 spiro atoms. The minimum Gasteiger partial charge on any atom is -0.341 e. The zero-order chi connectivity index (χ0) is 13.7. The summed E-state index contributed by atoms with van der Waals surface area (Å²) >= 11 is 0. The van der Waals surface area contributed by atoms with E-state index in [0.717, 1.165) is 6.42 Å². The molecule has 1 atom stereocenters. The first-order valence-electron chi connectivity index (χ1n) is 5.99. The number of aromatic nitrogens is 2. The molecule has 1 aromatic heterocycles. The summed E-state index contributed by atoms with van der Waals surface area (Å²) in [5, 5.41) is 2.77. The maximum absolute atomic E-state index is 12.1. The topological polar surface area (TPSA) is 75.2 Å². The lowest BCUT2D eigenvalue weighted by atomic mass is 10.2. The first-order valence-corrected chi connectivity index (χ1v) is 5.99. The largest absolute Gasteiger partial charge is 0.341 e. The van der Waals surface area contributed by atoms with E-state index in [1.807, 2.05) is 0 Å². The molecule has 0 saturated carbocycles. The van der Waals surface area contributed by atoms with Crippen LogP contribution in [0.2, 0.25) is 0 Å². The Hall–Kier alpha value is -2.42. The van der Waals surface area contributed by atoms with Crippen molar-refractivity contribution in [3.8, 4) is 11.8 Å². The average molecular weight is 258 g/mol. The van der Waals surface area contributed by atoms with Crippen molar-refractivity contribution in [2.24, 2.45) is 0 Å². The molecule has 1 unspecified atom stereocenters. The Morgan fingerprint density at radius 2 is 2.32 bits per heavy atom. The number of nitrogens with zero attached hydrogens (tertiary/aromatic N) is 3. The van der Waals surface area contributed by atoms with Crippen molar-refractivity contribution < 1.29 is 9.59 Å². The molecule has 19 heavy (non-hydrogen) atoms. The van der Waals surface area contributed by atoms with E-state index in [1.54, 1.807) is 11.8 Å². The highest BCUT2D eigenvalue weighted by molar-refractivity contribution is 5.94. The third-order valence-electron chi connectivity index (χ3n) is 2.83. The van der Waals surface area contributed by atoms with Crippen LogP contribution >= 0.6 is 0 Å². The SMILES string of the molecule is CC#CC(=O)NC1CCN(C(=O)c2cnccn2)C1. The van der Waals surface area contributed by atoms with Crippen molar-refractivity contribution in [3.63, 3.8) is 0 Å². The van der Waals surface area contributed by atoms with Crippen LogP contribution in [0.3, 0.4) is 0 Å². The van der Waals surface area contributed by atoms with Crippen molar-refractivity contribution in [1.29, 1.82) is 0 Å². The van der Waals surface area contributed by atoms with E-state index in [9.17, 15) is 9.59 Å². The van der Waals surface area contributed by atoms with E-state index >= 15 is 0 Å². The number of likely N-dealkylation sites (tertiary alicyclic amines) is 1. The van der Waals surface area contributed by atoms with Crippen LogP contribution in [0, 0.1) is 11.8 Å². The van der Waals surface area contributed by atoms with Crippen LogP contribution in [0.5, 0.6) is 0 Å². The second-order valence-electron chi connectivity index (χ2n) is 4.18. The Bertz CT molecular complexity index is 533. The zero-order valence-corrected chi connectivity index (χ0v) is 10.6. The Kier molecular flexibility index (Phi) is 4.08. The minimum atomic E-state index is -0.304. The molecular formula is C13H14N4O2. The highest BCUT2D eigenvalue weighted by Gasteiger charge is 2.28. The second kappa shape index (κ2) is 5.96. The maximum atomic E-state index is 12.1. The van der Waals surface area contributed by atoms with Gasteiger partial charge in [0.25, 0.3) is 11.8 Å². The van der Waals surface area contributed by atoms with Crippen LogP contribution in [0.15, 0.2) is 18.6 Å². The molecule has 0 aliphatic carbocycles. The summed E-state index contributed by atoms with van der Waals surface area (Å²) in [4.78, 5) is 32.9. The fraction of sp³-hybridized carbons (Fsp3) is 0.385. The summed E-state index contributed by atoms with van der Waals surface area (Å²) in [6.07, 6.45) is 5.17. The van der Waals surface area contributed by atoms with Gasteiger partial charge in [0.05, 0.1) is 6.20 Å². The summed E-state index contributed by atoms with van der Waals surface area (Å²) in [7, 11) is 0. The number of hydrogen-bond acceptors (Lipinski definition) is 4. The van der Waals surface area contributed by atoms with Gasteiger partial charge in [0.2, 0.25) is 0 Å². The molecule has 1 N–H and O–H groups in total. The van der Waals surface area contributed by atoms with Gasteiger partial charge >= 0.3 is 0 Å². The number of amides is 2. The normalized spacial score (nSPS) is 17.5. The molecule has 2 amide bonds. The maximum Gasteiger partial charge on any atom is 0.296 e. The monoisotopic (exact) mass is 258 g/mol. The Balaban J connectivity index is 1.93. The molecule has 2 rings (SSSR count). The summed E-state index contributed by atoms with van der Waals surface area (Å²) < 4.78 is 0. The molecule has 6 nitrogen and oxygen atoms in total. The molecule has 98 valence electrons. The van der Waals surface area contributed by atoms with Crippen LogP contribution in [0.25, 0.3) is 0 Å². The van der Waals surface area contributed by atoms with Crippen molar-refractivity contribution in [2.75, 3.05) is 13.1 Å². The van der Waals surface area contributed by atoms with Gasteiger partial charge in [0, 0.05) is 31.5 Å². The standard InChI is InChI=1S/C13H14N4O2/c1-2-3-12(18)16-10-4-7-17(9-10)13(19)11-8-14-5-6-15-11/h5-6,8,10H,4,7,9H2,1H3,(H,16,18). The Labute approximate surface area is 111 Å². The van der Waals surface area contributed by atoms with Gasteiger partial charge in [-0.3, -0.25) is 14.6 Å². The molecule has 2 heterocycles. The van der Waals surface area contributed by atoms with Crippen LogP contribution in [-0.4, -0.2) is 45.8 Å². The van der Waals surface area contributed by atoms with Gasteiger partial charge in [-0.05, 0) is 19.3 Å². The predicted molar refractivity (Wildman–Crippen MR) is 67.9 cm³/mol. The molecule has 1 aliphatic rings. The highest BCUT2D eigenvalue weighted by Crippen LogP contribution is 2.12. The number of carbonyl (C=O) groups is 2. The van der Waals surface area contributed by atoms with E-state index in [0.29, 0.717) is 18.8 Å². The molecule has 1 aliphatic heterocycles. The number of hydrogen-bond donors (Lipinski definition) is 1. The lowest BCUT2D eigenvalue weighted by molar-refractivity contribution is -0.116. The van der Waals surface area contributed by atoms with Gasteiger partial charge in [-0.1, -0.05) is 5.92 Å². The van der Waals surface area contributed by atoms with E-state index < -0.39 is 0 Å². The molecule has 0 bridgehead atoms. The molecule has 1 fully saturated rings. The summed E-state index contributed by atoms with van der Waals surface area (Å²) in [6.45, 7) is 2.69. The van der Waals surface area contributed by atoms with Gasteiger partial charge < -0.3 is 10.2 Å². The quantitative estimate of drug-likeness (QED) is 0.747. The highest BCUT2D eigenvalue weighted by atomic mass is 16.2. The van der Waals surface area contributed by atoms with Gasteiger partial charge in [0.1, 0.15) is 5.69 Å². The zero-order valence-electron chi connectivity index (χ0n) is 10.6. The van der Waals surface area contributed by atoms with Crippen molar-refractivity contribution in [3.05, 3.63) is 24.3 Å². The minimum absolute atomic E-state index is 0.0472. The molecule has 1 saturated heterocycles. The third kappa shape index (κ3) is 3.28. The molecule has 0 aromatic carbocycles. The summed E-state index contributed by atoms with van der Waals surface area (Å²) in [6, 6.07) is -0.0472. The van der Waals surface area contributed by atoms with Crippen molar-refractivity contribution in [2.45, 2.75) is 19.4 Å². The average Bonchev–Trinajstić information content (AvgIpc) is 2.87. The fourth-order valence-corrected chi connectivity index (χ4v) is 1.97. The summed E-state index contributed by atoms with van der Waals surface area (Å²) in [5.74, 6) is 4.50. The Morgan fingerprint density at radius 1 is 1.47 bits per heavy atom.